The number of likely N-dealkylation sites (N-methyl/N-ethyl adjacent to an activating group) is 1. The Balaban J connectivity index is 2.45. The molecule has 0 amide bonds. The van der Waals surface area contributed by atoms with E-state index in [1.165, 1.54) is 18.4 Å². The van der Waals surface area contributed by atoms with Crippen LogP contribution in [0.25, 0.3) is 0 Å². The number of fused-ring (bicyclic) bond motifs is 1. The topological polar surface area (TPSA) is 49.3 Å². The highest BCUT2D eigenvalue weighted by Gasteiger charge is 2.19. The zero-order chi connectivity index (χ0) is 12.3. The lowest BCUT2D eigenvalue weighted by molar-refractivity contribution is 0.0990. The van der Waals surface area contributed by atoms with Crippen LogP contribution in [0.2, 0.25) is 0 Å². The van der Waals surface area contributed by atoms with Crippen molar-refractivity contribution in [1.29, 1.82) is 0 Å². The van der Waals surface area contributed by atoms with Crippen LogP contribution < -0.4 is 5.32 Å². The van der Waals surface area contributed by atoms with Gasteiger partial charge >= 0.3 is 0 Å². The van der Waals surface area contributed by atoms with Gasteiger partial charge in [0.25, 0.3) is 0 Å². The van der Waals surface area contributed by atoms with Crippen LogP contribution in [0.3, 0.4) is 0 Å². The number of nitrogens with one attached hydrogen (secondary N) is 1. The largest absolute Gasteiger partial charge is 0.507 e. The number of hydrogen-bond acceptors (Lipinski definition) is 3. The summed E-state index contributed by atoms with van der Waals surface area (Å²) in [4.78, 5) is 12.0. The SMILES string of the molecule is CNCC(=O)c1c(O)ccc2c1CCCCC2. The molecule has 1 aliphatic carbocycles. The average molecular weight is 233 g/mol. The Morgan fingerprint density at radius 1 is 1.29 bits per heavy atom. The maximum atomic E-state index is 12.0. The number of carbonyl (C=O) groups is 1. The van der Waals surface area contributed by atoms with Crippen LogP contribution in [0.4, 0.5) is 0 Å². The molecular formula is C14H19NO2. The lowest BCUT2D eigenvalue weighted by atomic mass is 9.93. The van der Waals surface area contributed by atoms with Crippen molar-refractivity contribution in [3.8, 4) is 5.75 Å². The molecule has 0 aromatic heterocycles. The molecule has 0 radical (unpaired) electrons. The minimum absolute atomic E-state index is 0.0104. The van der Waals surface area contributed by atoms with Gasteiger partial charge < -0.3 is 10.4 Å². The van der Waals surface area contributed by atoms with Crippen molar-refractivity contribution in [3.63, 3.8) is 0 Å². The maximum Gasteiger partial charge on any atom is 0.180 e. The number of phenols is 1. The van der Waals surface area contributed by atoms with Gasteiger partial charge in [0.1, 0.15) is 5.75 Å². The van der Waals surface area contributed by atoms with Crippen molar-refractivity contribution in [2.75, 3.05) is 13.6 Å². The smallest absolute Gasteiger partial charge is 0.180 e. The third kappa shape index (κ3) is 2.50. The van der Waals surface area contributed by atoms with Crippen LogP contribution in [0.1, 0.15) is 40.7 Å². The lowest BCUT2D eigenvalue weighted by Crippen LogP contribution is -2.20. The van der Waals surface area contributed by atoms with Crippen LogP contribution in [-0.2, 0) is 12.8 Å². The molecular weight excluding hydrogens is 214 g/mol. The van der Waals surface area contributed by atoms with E-state index in [0.717, 1.165) is 24.8 Å². The summed E-state index contributed by atoms with van der Waals surface area (Å²) in [5, 5.41) is 12.8. The second-order valence-electron chi connectivity index (χ2n) is 4.61. The van der Waals surface area contributed by atoms with Crippen molar-refractivity contribution in [2.24, 2.45) is 0 Å². The Morgan fingerprint density at radius 2 is 2.06 bits per heavy atom. The molecule has 0 heterocycles. The molecule has 3 nitrogen and oxygen atoms in total. The molecule has 0 atom stereocenters. The van der Waals surface area contributed by atoms with Crippen LogP contribution in [0.5, 0.6) is 5.75 Å². The molecule has 0 unspecified atom stereocenters. The Bertz CT molecular complexity index is 426. The highest BCUT2D eigenvalue weighted by molar-refractivity contribution is 6.01. The van der Waals surface area contributed by atoms with Crippen molar-refractivity contribution in [2.45, 2.75) is 32.1 Å². The quantitative estimate of drug-likeness (QED) is 0.620. The molecule has 0 saturated heterocycles. The first kappa shape index (κ1) is 12.1. The zero-order valence-electron chi connectivity index (χ0n) is 10.3. The summed E-state index contributed by atoms with van der Waals surface area (Å²) in [6, 6.07) is 3.62. The third-order valence-electron chi connectivity index (χ3n) is 3.38. The third-order valence-corrected chi connectivity index (χ3v) is 3.38. The summed E-state index contributed by atoms with van der Waals surface area (Å²) in [6.07, 6.45) is 5.42. The second-order valence-corrected chi connectivity index (χ2v) is 4.61. The summed E-state index contributed by atoms with van der Waals surface area (Å²) in [6.45, 7) is 0.282. The summed E-state index contributed by atoms with van der Waals surface area (Å²) < 4.78 is 0. The molecule has 2 rings (SSSR count). The van der Waals surface area contributed by atoms with Crippen LogP contribution in [0.15, 0.2) is 12.1 Å². The zero-order valence-corrected chi connectivity index (χ0v) is 10.3. The minimum Gasteiger partial charge on any atom is -0.507 e. The molecule has 3 heteroatoms. The fraction of sp³-hybridized carbons (Fsp3) is 0.500. The van der Waals surface area contributed by atoms with Crippen molar-refractivity contribution in [1.82, 2.24) is 5.32 Å². The van der Waals surface area contributed by atoms with Gasteiger partial charge in [-0.2, -0.15) is 0 Å². The first-order valence-corrected chi connectivity index (χ1v) is 6.25. The first-order valence-electron chi connectivity index (χ1n) is 6.25. The number of phenolic OH excluding ortho intramolecular Hbond substituents is 1. The van der Waals surface area contributed by atoms with E-state index in [4.69, 9.17) is 0 Å². The van der Waals surface area contributed by atoms with Gasteiger partial charge in [-0.05, 0) is 49.9 Å². The molecule has 0 fully saturated rings. The van der Waals surface area contributed by atoms with Gasteiger partial charge in [0.05, 0.1) is 12.1 Å². The van der Waals surface area contributed by atoms with E-state index >= 15 is 0 Å². The molecule has 1 aromatic carbocycles. The number of aromatic hydroxyl groups is 1. The molecule has 92 valence electrons. The van der Waals surface area contributed by atoms with E-state index in [1.54, 1.807) is 13.1 Å². The van der Waals surface area contributed by atoms with E-state index < -0.39 is 0 Å². The van der Waals surface area contributed by atoms with Gasteiger partial charge in [-0.1, -0.05) is 12.5 Å². The van der Waals surface area contributed by atoms with E-state index in [0.29, 0.717) is 5.56 Å². The van der Waals surface area contributed by atoms with Gasteiger partial charge in [0, 0.05) is 0 Å². The summed E-state index contributed by atoms with van der Waals surface area (Å²) >= 11 is 0. The maximum absolute atomic E-state index is 12.0. The number of ketones is 1. The number of benzene rings is 1. The Morgan fingerprint density at radius 3 is 2.82 bits per heavy atom. The fourth-order valence-corrected chi connectivity index (χ4v) is 2.55. The lowest BCUT2D eigenvalue weighted by Gasteiger charge is -2.13. The van der Waals surface area contributed by atoms with E-state index in [2.05, 4.69) is 5.32 Å². The number of aryl methyl sites for hydroxylation is 1. The highest BCUT2D eigenvalue weighted by atomic mass is 16.3. The Hall–Kier alpha value is -1.35. The van der Waals surface area contributed by atoms with E-state index in [-0.39, 0.29) is 18.1 Å². The predicted octanol–water partition coefficient (Wildman–Crippen LogP) is 2.06. The predicted molar refractivity (Wildman–Crippen MR) is 67.6 cm³/mol. The Kier molecular flexibility index (Phi) is 3.79. The Labute approximate surface area is 102 Å². The molecule has 0 bridgehead atoms. The molecule has 0 spiro atoms. The summed E-state index contributed by atoms with van der Waals surface area (Å²) in [5.74, 6) is 0.120. The van der Waals surface area contributed by atoms with Crippen LogP contribution in [0, 0.1) is 0 Å². The number of hydrogen-bond donors (Lipinski definition) is 2. The van der Waals surface area contributed by atoms with Crippen LogP contribution in [-0.4, -0.2) is 24.5 Å². The van der Waals surface area contributed by atoms with Gasteiger partial charge in [0.15, 0.2) is 5.78 Å². The first-order chi connectivity index (χ1) is 8.24. The molecule has 17 heavy (non-hydrogen) atoms. The van der Waals surface area contributed by atoms with Crippen molar-refractivity contribution < 1.29 is 9.90 Å². The molecule has 0 aliphatic heterocycles. The van der Waals surface area contributed by atoms with Gasteiger partial charge in [0.2, 0.25) is 0 Å². The molecule has 1 aromatic rings. The monoisotopic (exact) mass is 233 g/mol. The normalized spacial score (nSPS) is 15.1. The highest BCUT2D eigenvalue weighted by Crippen LogP contribution is 2.30. The number of rotatable bonds is 3. The van der Waals surface area contributed by atoms with Gasteiger partial charge in [-0.15, -0.1) is 0 Å². The molecule has 1 aliphatic rings. The standard InChI is InChI=1S/C14H19NO2/c1-15-9-13(17)14-11-6-4-2-3-5-10(11)7-8-12(14)16/h7-8,15-16H,2-6,9H2,1H3. The minimum atomic E-state index is -0.0104. The molecule has 0 saturated carbocycles. The molecule has 2 N–H and O–H groups in total. The van der Waals surface area contributed by atoms with E-state index in [1.807, 2.05) is 6.07 Å². The van der Waals surface area contributed by atoms with Gasteiger partial charge in [-0.25, -0.2) is 0 Å². The van der Waals surface area contributed by atoms with Crippen LogP contribution >= 0.6 is 0 Å². The number of carbonyl (C=O) groups excluding carboxylic acids is 1. The summed E-state index contributed by atoms with van der Waals surface area (Å²) in [7, 11) is 1.75. The average Bonchev–Trinajstić information content (AvgIpc) is 2.54. The van der Waals surface area contributed by atoms with Crippen molar-refractivity contribution >= 4 is 5.78 Å². The fourth-order valence-electron chi connectivity index (χ4n) is 2.55. The number of Topliss-reactive ketones (excluding diaryl/α,β-unsaturated/α-hetero) is 1. The second kappa shape index (κ2) is 5.32. The van der Waals surface area contributed by atoms with E-state index in [9.17, 15) is 9.90 Å². The van der Waals surface area contributed by atoms with Gasteiger partial charge in [-0.3, -0.25) is 4.79 Å². The van der Waals surface area contributed by atoms with Crippen molar-refractivity contribution in [3.05, 3.63) is 28.8 Å². The summed E-state index contributed by atoms with van der Waals surface area (Å²) in [5.41, 5.74) is 2.85.